The minimum absolute atomic E-state index is 0.173. The number of carbonyl (C=O) groups is 2. The zero-order chi connectivity index (χ0) is 22.8. The van der Waals surface area contributed by atoms with Gasteiger partial charge in [0, 0.05) is 17.9 Å². The van der Waals surface area contributed by atoms with Crippen molar-refractivity contribution < 1.29 is 36.6 Å². The van der Waals surface area contributed by atoms with Crippen LogP contribution >= 0.6 is 0 Å². The Kier molecular flexibility index (Phi) is 6.29. The second-order valence-electron chi connectivity index (χ2n) is 7.12. The maximum atomic E-state index is 14.2. The van der Waals surface area contributed by atoms with Gasteiger partial charge < -0.3 is 10.4 Å². The van der Waals surface area contributed by atoms with Gasteiger partial charge in [-0.1, -0.05) is 17.9 Å². The Morgan fingerprint density at radius 2 is 1.81 bits per heavy atom. The number of carboxylic acids is 1. The molecular formula is C22H16F5NO3. The summed E-state index contributed by atoms with van der Waals surface area (Å²) in [7, 11) is 0. The van der Waals surface area contributed by atoms with Crippen LogP contribution in [0.3, 0.4) is 0 Å². The molecule has 4 nitrogen and oxygen atoms in total. The highest BCUT2D eigenvalue weighted by atomic mass is 19.4. The fourth-order valence-electron chi connectivity index (χ4n) is 2.76. The van der Waals surface area contributed by atoms with Gasteiger partial charge in [-0.3, -0.25) is 4.79 Å². The lowest BCUT2D eigenvalue weighted by Crippen LogP contribution is -2.42. The lowest BCUT2D eigenvalue weighted by molar-refractivity contribution is -0.140. The Hall–Kier alpha value is -3.41. The number of halogens is 5. The lowest BCUT2D eigenvalue weighted by atomic mass is 10.0. The van der Waals surface area contributed by atoms with Gasteiger partial charge in [-0.15, -0.1) is 0 Å². The quantitative estimate of drug-likeness (QED) is 0.545. The monoisotopic (exact) mass is 437 g/mol. The van der Waals surface area contributed by atoms with Crippen LogP contribution in [0.15, 0.2) is 36.4 Å². The van der Waals surface area contributed by atoms with Crippen LogP contribution in [0, 0.1) is 29.4 Å². The van der Waals surface area contributed by atoms with Gasteiger partial charge in [-0.05, 0) is 48.7 Å². The summed E-state index contributed by atoms with van der Waals surface area (Å²) >= 11 is 0. The van der Waals surface area contributed by atoms with E-state index in [0.29, 0.717) is 12.1 Å². The molecule has 2 aromatic rings. The number of aliphatic carboxylic acids is 1. The summed E-state index contributed by atoms with van der Waals surface area (Å²) in [5.41, 5.74) is -1.58. The summed E-state index contributed by atoms with van der Waals surface area (Å²) in [6.07, 6.45) is -3.26. The molecule has 2 aromatic carbocycles. The highest BCUT2D eigenvalue weighted by molar-refractivity contribution is 5.96. The summed E-state index contributed by atoms with van der Waals surface area (Å²) in [4.78, 5) is 23.7. The topological polar surface area (TPSA) is 66.4 Å². The summed E-state index contributed by atoms with van der Waals surface area (Å²) < 4.78 is 65.8. The molecular weight excluding hydrogens is 421 g/mol. The molecule has 162 valence electrons. The minimum atomic E-state index is -4.93. The molecule has 0 radical (unpaired) electrons. The fourth-order valence-corrected chi connectivity index (χ4v) is 2.76. The van der Waals surface area contributed by atoms with E-state index in [4.69, 9.17) is 0 Å². The van der Waals surface area contributed by atoms with Crippen molar-refractivity contribution in [3.63, 3.8) is 0 Å². The molecule has 2 N–H and O–H groups in total. The first kappa shape index (κ1) is 22.3. The Labute approximate surface area is 174 Å². The summed E-state index contributed by atoms with van der Waals surface area (Å²) in [6, 6.07) is 4.00. The normalized spacial score (nSPS) is 14.4. The molecule has 3 rings (SSSR count). The van der Waals surface area contributed by atoms with Gasteiger partial charge in [0.05, 0.1) is 11.1 Å². The standard InChI is InChI=1S/C22H16F5NO3/c23-17-9-13(4-6-14(17)5-3-12-1-2-12)10-19(21(30)31)28-20(29)15-7-8-16(18(24)11-15)22(25,26)27/h4,6-9,11-12,19H,1-2,10H2,(H,28,29)(H,30,31)/t19-/m1/s1. The van der Waals surface area contributed by atoms with Crippen molar-refractivity contribution in [3.05, 3.63) is 70.3 Å². The van der Waals surface area contributed by atoms with Gasteiger partial charge in [-0.25, -0.2) is 13.6 Å². The molecule has 1 aliphatic carbocycles. The predicted octanol–water partition coefficient (Wildman–Crippen LogP) is 4.17. The van der Waals surface area contributed by atoms with Gasteiger partial charge >= 0.3 is 12.1 Å². The molecule has 0 heterocycles. The molecule has 1 amide bonds. The minimum Gasteiger partial charge on any atom is -0.480 e. The number of carbonyl (C=O) groups excluding carboxylic acids is 1. The second kappa shape index (κ2) is 8.76. The summed E-state index contributed by atoms with van der Waals surface area (Å²) in [5.74, 6) is 1.11. The maximum Gasteiger partial charge on any atom is 0.419 e. The summed E-state index contributed by atoms with van der Waals surface area (Å²) in [6.45, 7) is 0. The molecule has 1 aliphatic rings. The van der Waals surface area contributed by atoms with E-state index in [1.807, 2.05) is 0 Å². The molecule has 0 saturated heterocycles. The number of hydrogen-bond acceptors (Lipinski definition) is 2. The zero-order valence-corrected chi connectivity index (χ0v) is 15.9. The third kappa shape index (κ3) is 5.81. The molecule has 0 aromatic heterocycles. The molecule has 0 unspecified atom stereocenters. The van der Waals surface area contributed by atoms with E-state index in [0.717, 1.165) is 25.0 Å². The average molecular weight is 437 g/mol. The van der Waals surface area contributed by atoms with Crippen molar-refractivity contribution in [2.75, 3.05) is 0 Å². The van der Waals surface area contributed by atoms with Crippen molar-refractivity contribution in [2.24, 2.45) is 5.92 Å². The second-order valence-corrected chi connectivity index (χ2v) is 7.12. The van der Waals surface area contributed by atoms with Crippen molar-refractivity contribution >= 4 is 11.9 Å². The number of alkyl halides is 3. The van der Waals surface area contributed by atoms with E-state index in [1.165, 1.54) is 12.1 Å². The van der Waals surface area contributed by atoms with Crippen LogP contribution in [0.1, 0.15) is 39.9 Å². The van der Waals surface area contributed by atoms with Crippen molar-refractivity contribution in [3.8, 4) is 11.8 Å². The Morgan fingerprint density at radius 3 is 2.35 bits per heavy atom. The lowest BCUT2D eigenvalue weighted by Gasteiger charge is -2.16. The highest BCUT2D eigenvalue weighted by Gasteiger charge is 2.34. The van der Waals surface area contributed by atoms with E-state index in [2.05, 4.69) is 17.2 Å². The SMILES string of the molecule is O=C(N[C@H](Cc1ccc(C#CC2CC2)c(F)c1)C(=O)O)c1ccc(C(F)(F)F)c(F)c1. The molecule has 1 atom stereocenters. The van der Waals surface area contributed by atoms with Gasteiger partial charge in [0.2, 0.25) is 0 Å². The largest absolute Gasteiger partial charge is 0.480 e. The number of benzene rings is 2. The predicted molar refractivity (Wildman–Crippen MR) is 100.0 cm³/mol. The number of rotatable bonds is 5. The van der Waals surface area contributed by atoms with Crippen molar-refractivity contribution in [2.45, 2.75) is 31.5 Å². The van der Waals surface area contributed by atoms with Crippen LogP contribution in [0.2, 0.25) is 0 Å². The third-order valence-electron chi connectivity index (χ3n) is 4.60. The van der Waals surface area contributed by atoms with E-state index in [9.17, 15) is 36.6 Å². The van der Waals surface area contributed by atoms with Crippen LogP contribution in [0.5, 0.6) is 0 Å². The molecule has 9 heteroatoms. The van der Waals surface area contributed by atoms with Crippen molar-refractivity contribution in [1.29, 1.82) is 0 Å². The van der Waals surface area contributed by atoms with E-state index in [1.54, 1.807) is 0 Å². The number of hydrogen-bond donors (Lipinski definition) is 2. The van der Waals surface area contributed by atoms with Gasteiger partial charge in [-0.2, -0.15) is 13.2 Å². The smallest absolute Gasteiger partial charge is 0.419 e. The first-order valence-electron chi connectivity index (χ1n) is 9.25. The van der Waals surface area contributed by atoms with Crippen LogP contribution in [-0.4, -0.2) is 23.0 Å². The Morgan fingerprint density at radius 1 is 1.10 bits per heavy atom. The molecule has 31 heavy (non-hydrogen) atoms. The molecule has 1 saturated carbocycles. The molecule has 0 aliphatic heterocycles. The average Bonchev–Trinajstić information content (AvgIpc) is 3.50. The molecule has 0 spiro atoms. The van der Waals surface area contributed by atoms with Gasteiger partial charge in [0.25, 0.3) is 5.91 Å². The number of nitrogens with one attached hydrogen (secondary N) is 1. The third-order valence-corrected chi connectivity index (χ3v) is 4.60. The van der Waals surface area contributed by atoms with Crippen molar-refractivity contribution in [1.82, 2.24) is 5.32 Å². The highest BCUT2D eigenvalue weighted by Crippen LogP contribution is 2.31. The number of carboxylic acid groups (broad SMARTS) is 1. The molecule has 1 fully saturated rings. The van der Waals surface area contributed by atoms with Crippen LogP contribution in [0.4, 0.5) is 22.0 Å². The Balaban J connectivity index is 1.72. The van der Waals surface area contributed by atoms with Gasteiger partial charge in [0.1, 0.15) is 17.7 Å². The van der Waals surface area contributed by atoms with E-state index >= 15 is 0 Å². The fraction of sp³-hybridized carbons (Fsp3) is 0.273. The van der Waals surface area contributed by atoms with Crippen LogP contribution in [0.25, 0.3) is 0 Å². The number of amides is 1. The molecule has 0 bridgehead atoms. The zero-order valence-electron chi connectivity index (χ0n) is 15.9. The first-order valence-corrected chi connectivity index (χ1v) is 9.25. The van der Waals surface area contributed by atoms with Crippen LogP contribution < -0.4 is 5.32 Å². The van der Waals surface area contributed by atoms with E-state index in [-0.39, 0.29) is 23.5 Å². The van der Waals surface area contributed by atoms with E-state index < -0.39 is 46.9 Å². The van der Waals surface area contributed by atoms with Gasteiger partial charge in [0.15, 0.2) is 0 Å². The maximum absolute atomic E-state index is 14.2. The Bertz CT molecular complexity index is 1080. The van der Waals surface area contributed by atoms with Crippen LogP contribution in [-0.2, 0) is 17.4 Å². The summed E-state index contributed by atoms with van der Waals surface area (Å²) in [5, 5.41) is 11.5. The first-order chi connectivity index (χ1) is 14.5.